The Morgan fingerprint density at radius 2 is 1.63 bits per heavy atom. The number of aromatic nitrogens is 2. The highest BCUT2D eigenvalue weighted by Gasteiger charge is 2.20. The molecule has 1 aliphatic heterocycles. The molecule has 180 valence electrons. The zero-order valence-electron chi connectivity index (χ0n) is 19.5. The number of methoxy groups -OCH3 is 1. The molecule has 0 bridgehead atoms. The van der Waals surface area contributed by atoms with E-state index in [2.05, 4.69) is 10.2 Å². The minimum absolute atomic E-state index is 0.0856. The van der Waals surface area contributed by atoms with Gasteiger partial charge in [-0.15, -0.1) is 0 Å². The molecule has 35 heavy (non-hydrogen) atoms. The number of rotatable bonds is 6. The molecule has 1 saturated heterocycles. The fourth-order valence-corrected chi connectivity index (χ4v) is 4.93. The highest BCUT2D eigenvalue weighted by Crippen LogP contribution is 2.28. The average Bonchev–Trinajstić information content (AvgIpc) is 2.90. The molecule has 7 nitrogen and oxygen atoms in total. The van der Waals surface area contributed by atoms with E-state index in [4.69, 9.17) is 16.3 Å². The quantitative estimate of drug-likeness (QED) is 0.449. The molecular formula is C27H27ClN4O3. The first-order valence-corrected chi connectivity index (χ1v) is 12.0. The summed E-state index contributed by atoms with van der Waals surface area (Å²) in [5.74, 6) is 0.619. The summed E-state index contributed by atoms with van der Waals surface area (Å²) in [6.45, 7) is 3.80. The molecule has 0 amide bonds. The third-order valence-electron chi connectivity index (χ3n) is 6.45. The number of piperazine rings is 1. The molecule has 8 heteroatoms. The summed E-state index contributed by atoms with van der Waals surface area (Å²) in [4.78, 5) is 29.7. The van der Waals surface area contributed by atoms with Crippen molar-refractivity contribution in [3.63, 3.8) is 0 Å². The Morgan fingerprint density at radius 1 is 0.914 bits per heavy atom. The van der Waals surface area contributed by atoms with E-state index < -0.39 is 5.56 Å². The number of nitrogens with zero attached hydrogens (tertiary/aromatic N) is 3. The van der Waals surface area contributed by atoms with Crippen LogP contribution in [0, 0.1) is 0 Å². The van der Waals surface area contributed by atoms with E-state index in [0.717, 1.165) is 43.0 Å². The molecule has 0 saturated carbocycles. The van der Waals surface area contributed by atoms with Crippen LogP contribution in [0.3, 0.4) is 0 Å². The largest absolute Gasteiger partial charge is 0.496 e. The monoisotopic (exact) mass is 490 g/mol. The van der Waals surface area contributed by atoms with Gasteiger partial charge in [-0.25, -0.2) is 4.79 Å². The lowest BCUT2D eigenvalue weighted by Crippen LogP contribution is -2.44. The number of fused-ring (bicyclic) bond motifs is 1. The van der Waals surface area contributed by atoms with Gasteiger partial charge in [-0.05, 0) is 23.8 Å². The number of para-hydroxylation sites is 1. The number of nitrogens with one attached hydrogen (secondary N) is 1. The maximum Gasteiger partial charge on any atom is 0.332 e. The predicted octanol–water partition coefficient (Wildman–Crippen LogP) is 3.33. The second kappa shape index (κ2) is 9.98. The molecule has 3 aromatic carbocycles. The highest BCUT2D eigenvalue weighted by atomic mass is 35.5. The smallest absolute Gasteiger partial charge is 0.332 e. The summed E-state index contributed by atoms with van der Waals surface area (Å²) in [6, 6.07) is 20.9. The fraction of sp³-hybridized carbons (Fsp3) is 0.259. The maximum absolute atomic E-state index is 13.8. The summed E-state index contributed by atoms with van der Waals surface area (Å²) in [5.41, 5.74) is 2.37. The molecule has 1 aliphatic rings. The Balaban J connectivity index is 1.73. The van der Waals surface area contributed by atoms with E-state index in [1.807, 2.05) is 66.7 Å². The van der Waals surface area contributed by atoms with Crippen LogP contribution in [0.2, 0.25) is 5.02 Å². The van der Waals surface area contributed by atoms with Crippen LogP contribution < -0.4 is 26.2 Å². The summed E-state index contributed by atoms with van der Waals surface area (Å²) >= 11 is 6.75. The van der Waals surface area contributed by atoms with Gasteiger partial charge in [0.05, 0.1) is 36.1 Å². The van der Waals surface area contributed by atoms with E-state index in [1.165, 1.54) is 4.57 Å². The van der Waals surface area contributed by atoms with Crippen molar-refractivity contribution in [2.75, 3.05) is 38.2 Å². The van der Waals surface area contributed by atoms with Gasteiger partial charge in [0, 0.05) is 37.4 Å². The van der Waals surface area contributed by atoms with E-state index in [1.54, 1.807) is 11.7 Å². The summed E-state index contributed by atoms with van der Waals surface area (Å²) in [6.07, 6.45) is 0. The zero-order chi connectivity index (χ0) is 24.4. The van der Waals surface area contributed by atoms with Gasteiger partial charge in [0.15, 0.2) is 0 Å². The SMILES string of the molecule is COc1ccccc1Cn1c(=O)c2c(Cl)cc(N3CCNCC3)cc2n(Cc2ccccc2)c1=O. The lowest BCUT2D eigenvalue weighted by molar-refractivity contribution is 0.407. The highest BCUT2D eigenvalue weighted by molar-refractivity contribution is 6.35. The first kappa shape index (κ1) is 23.2. The number of benzene rings is 3. The Hall–Kier alpha value is -3.55. The van der Waals surface area contributed by atoms with Crippen molar-refractivity contribution in [2.45, 2.75) is 13.1 Å². The van der Waals surface area contributed by atoms with Gasteiger partial charge >= 0.3 is 5.69 Å². The molecule has 0 aliphatic carbocycles. The Kier molecular flexibility index (Phi) is 6.61. The van der Waals surface area contributed by atoms with E-state index >= 15 is 0 Å². The zero-order valence-corrected chi connectivity index (χ0v) is 20.3. The van der Waals surface area contributed by atoms with Crippen molar-refractivity contribution in [3.8, 4) is 5.75 Å². The average molecular weight is 491 g/mol. The summed E-state index contributed by atoms with van der Waals surface area (Å²) in [7, 11) is 1.57. The summed E-state index contributed by atoms with van der Waals surface area (Å²) < 4.78 is 8.36. The number of halogens is 1. The molecule has 0 unspecified atom stereocenters. The molecule has 0 spiro atoms. The van der Waals surface area contributed by atoms with Crippen molar-refractivity contribution in [2.24, 2.45) is 0 Å². The van der Waals surface area contributed by atoms with Crippen LogP contribution in [0.5, 0.6) is 5.75 Å². The van der Waals surface area contributed by atoms with Gasteiger partial charge in [0.2, 0.25) is 0 Å². The number of ether oxygens (including phenoxy) is 1. The standard InChI is InChI=1S/C27H27ClN4O3/c1-35-24-10-6-5-9-20(24)18-32-26(33)25-22(28)15-21(30-13-11-29-12-14-30)16-23(25)31(27(32)34)17-19-7-3-2-4-8-19/h2-10,15-16,29H,11-14,17-18H2,1H3. The van der Waals surface area contributed by atoms with Gasteiger partial charge in [-0.1, -0.05) is 60.1 Å². The molecule has 0 radical (unpaired) electrons. The second-order valence-corrected chi connectivity index (χ2v) is 9.02. The van der Waals surface area contributed by atoms with E-state index in [0.29, 0.717) is 28.2 Å². The van der Waals surface area contributed by atoms with Gasteiger partial charge in [0.25, 0.3) is 5.56 Å². The van der Waals surface area contributed by atoms with Crippen LogP contribution in [0.25, 0.3) is 10.9 Å². The van der Waals surface area contributed by atoms with Crippen LogP contribution in [-0.2, 0) is 13.1 Å². The maximum atomic E-state index is 13.8. The van der Waals surface area contributed by atoms with Gasteiger partial charge < -0.3 is 15.0 Å². The molecular weight excluding hydrogens is 464 g/mol. The van der Waals surface area contributed by atoms with Crippen molar-refractivity contribution < 1.29 is 4.74 Å². The minimum atomic E-state index is -0.405. The normalized spacial score (nSPS) is 13.8. The third kappa shape index (κ3) is 4.57. The number of hydrogen-bond donors (Lipinski definition) is 1. The Bertz CT molecular complexity index is 1470. The van der Waals surface area contributed by atoms with E-state index in [9.17, 15) is 9.59 Å². The van der Waals surface area contributed by atoms with Crippen LogP contribution in [0.1, 0.15) is 11.1 Å². The van der Waals surface area contributed by atoms with Crippen molar-refractivity contribution in [1.29, 1.82) is 0 Å². The van der Waals surface area contributed by atoms with Crippen LogP contribution in [-0.4, -0.2) is 42.4 Å². The molecule has 1 aromatic heterocycles. The first-order valence-electron chi connectivity index (χ1n) is 11.6. The molecule has 4 aromatic rings. The van der Waals surface area contributed by atoms with Crippen molar-refractivity contribution in [3.05, 3.63) is 104 Å². The molecule has 2 heterocycles. The Morgan fingerprint density at radius 3 is 2.37 bits per heavy atom. The summed E-state index contributed by atoms with van der Waals surface area (Å²) in [5, 5.41) is 4.03. The predicted molar refractivity (Wildman–Crippen MR) is 140 cm³/mol. The molecule has 1 fully saturated rings. The second-order valence-electron chi connectivity index (χ2n) is 8.62. The van der Waals surface area contributed by atoms with Crippen molar-refractivity contribution in [1.82, 2.24) is 14.5 Å². The lowest BCUT2D eigenvalue weighted by atomic mass is 10.1. The van der Waals surface area contributed by atoms with Gasteiger partial charge in [-0.2, -0.15) is 0 Å². The third-order valence-corrected chi connectivity index (χ3v) is 6.75. The van der Waals surface area contributed by atoms with E-state index in [-0.39, 0.29) is 12.2 Å². The molecule has 0 atom stereocenters. The van der Waals surface area contributed by atoms with Crippen LogP contribution in [0.15, 0.2) is 76.3 Å². The lowest BCUT2D eigenvalue weighted by Gasteiger charge is -2.30. The fourth-order valence-electron chi connectivity index (χ4n) is 4.64. The molecule has 5 rings (SSSR count). The Labute approximate surface area is 208 Å². The van der Waals surface area contributed by atoms with Gasteiger partial charge in [0.1, 0.15) is 5.75 Å². The van der Waals surface area contributed by atoms with Gasteiger partial charge in [-0.3, -0.25) is 13.9 Å². The van der Waals surface area contributed by atoms with Crippen molar-refractivity contribution >= 4 is 28.2 Å². The first-order chi connectivity index (χ1) is 17.1. The van der Waals surface area contributed by atoms with Crippen LogP contribution >= 0.6 is 11.6 Å². The molecule has 1 N–H and O–H groups in total. The van der Waals surface area contributed by atoms with Crippen LogP contribution in [0.4, 0.5) is 5.69 Å². The minimum Gasteiger partial charge on any atom is -0.496 e. The number of hydrogen-bond acceptors (Lipinski definition) is 5. The number of anilines is 1. The topological polar surface area (TPSA) is 68.5 Å².